The van der Waals surface area contributed by atoms with Crippen LogP contribution in [-0.4, -0.2) is 40.5 Å². The quantitative estimate of drug-likeness (QED) is 0.474. The third kappa shape index (κ3) is 3.00. The fraction of sp³-hybridized carbons (Fsp3) is 0.500. The first-order chi connectivity index (χ1) is 10.6. The van der Waals surface area contributed by atoms with Crippen molar-refractivity contribution in [2.24, 2.45) is 0 Å². The first-order valence-electron chi connectivity index (χ1n) is 6.81. The zero-order chi connectivity index (χ0) is 17.5. The number of hydrogen-bond donors (Lipinski definition) is 0. The Morgan fingerprint density at radius 3 is 2.52 bits per heavy atom. The Kier molecular flexibility index (Phi) is 4.34. The Labute approximate surface area is 130 Å². The van der Waals surface area contributed by atoms with Gasteiger partial charge in [-0.25, -0.2) is 8.78 Å². The van der Waals surface area contributed by atoms with Crippen LogP contribution in [0.4, 0.5) is 18.9 Å². The second-order valence-electron chi connectivity index (χ2n) is 5.99. The summed E-state index contributed by atoms with van der Waals surface area (Å²) in [7, 11) is 0. The lowest BCUT2D eigenvalue weighted by molar-refractivity contribution is -0.387. The summed E-state index contributed by atoms with van der Waals surface area (Å²) in [5.74, 6) is -6.67. The van der Waals surface area contributed by atoms with Gasteiger partial charge in [-0.3, -0.25) is 14.9 Å². The molecule has 0 radical (unpaired) electrons. The van der Waals surface area contributed by atoms with Gasteiger partial charge >= 0.3 is 5.69 Å². The normalized spacial score (nSPS) is 20.4. The van der Waals surface area contributed by atoms with Crippen LogP contribution in [0.3, 0.4) is 0 Å². The molecule has 126 valence electrons. The van der Waals surface area contributed by atoms with Crippen LogP contribution in [0.2, 0.25) is 0 Å². The Hall–Kier alpha value is -2.16. The number of ether oxygens (including phenoxy) is 1. The molecule has 1 amide bonds. The minimum atomic E-state index is -2.04. The average molecular weight is 332 g/mol. The smallest absolute Gasteiger partial charge is 0.308 e. The van der Waals surface area contributed by atoms with Crippen molar-refractivity contribution >= 4 is 11.6 Å². The molecule has 1 aliphatic rings. The highest BCUT2D eigenvalue weighted by molar-refractivity contribution is 5.95. The van der Waals surface area contributed by atoms with Crippen molar-refractivity contribution in [2.75, 3.05) is 13.2 Å². The third-order valence-electron chi connectivity index (χ3n) is 3.69. The van der Waals surface area contributed by atoms with Gasteiger partial charge in [0.1, 0.15) is 0 Å². The van der Waals surface area contributed by atoms with E-state index in [1.807, 2.05) is 0 Å². The van der Waals surface area contributed by atoms with E-state index >= 15 is 0 Å². The third-order valence-corrected chi connectivity index (χ3v) is 3.69. The van der Waals surface area contributed by atoms with Crippen LogP contribution >= 0.6 is 0 Å². The average Bonchev–Trinajstić information content (AvgIpc) is 2.46. The molecule has 1 saturated heterocycles. The molecular weight excluding hydrogens is 317 g/mol. The summed E-state index contributed by atoms with van der Waals surface area (Å²) in [4.78, 5) is 23.3. The molecule has 0 aromatic heterocycles. The Morgan fingerprint density at radius 1 is 1.35 bits per heavy atom. The number of nitro benzene ring substituents is 1. The summed E-state index contributed by atoms with van der Waals surface area (Å²) >= 11 is 0. The minimum absolute atomic E-state index is 0.0953. The second-order valence-corrected chi connectivity index (χ2v) is 5.99. The van der Waals surface area contributed by atoms with Crippen molar-refractivity contribution in [2.45, 2.75) is 32.4 Å². The molecular formula is C14H15F3N2O4. The van der Waals surface area contributed by atoms with E-state index in [1.54, 1.807) is 20.8 Å². The van der Waals surface area contributed by atoms with Gasteiger partial charge in [0.2, 0.25) is 11.6 Å². The number of rotatable bonds is 2. The van der Waals surface area contributed by atoms with E-state index in [9.17, 15) is 28.1 Å². The highest BCUT2D eigenvalue weighted by Crippen LogP contribution is 2.29. The standard InChI is InChI=1S/C14H15F3N2O4/c1-7-5-18(14(2,3)6-23-7)13(20)8-4-9(19(21)22)11(16)12(17)10(8)15/h4,7H,5-6H2,1-3H3. The van der Waals surface area contributed by atoms with E-state index in [0.29, 0.717) is 6.07 Å². The number of amides is 1. The molecule has 1 fully saturated rings. The lowest BCUT2D eigenvalue weighted by Crippen LogP contribution is -2.58. The van der Waals surface area contributed by atoms with Gasteiger partial charge in [-0.15, -0.1) is 0 Å². The predicted octanol–water partition coefficient (Wildman–Crippen LogP) is 2.65. The van der Waals surface area contributed by atoms with Gasteiger partial charge in [-0.1, -0.05) is 0 Å². The maximum absolute atomic E-state index is 13.9. The Bertz CT molecular complexity index is 678. The van der Waals surface area contributed by atoms with Crippen LogP contribution in [-0.2, 0) is 4.74 Å². The van der Waals surface area contributed by atoms with Crippen molar-refractivity contribution in [1.82, 2.24) is 4.90 Å². The molecule has 0 saturated carbocycles. The summed E-state index contributed by atoms with van der Waals surface area (Å²) in [5.41, 5.74) is -2.99. The first kappa shape index (κ1) is 17.2. The second kappa shape index (κ2) is 5.80. The molecule has 2 rings (SSSR count). The number of carbonyl (C=O) groups is 1. The highest BCUT2D eigenvalue weighted by atomic mass is 19.2. The van der Waals surface area contributed by atoms with Crippen molar-refractivity contribution in [3.8, 4) is 0 Å². The molecule has 1 aliphatic heterocycles. The number of nitrogens with zero attached hydrogens (tertiary/aromatic N) is 2. The zero-order valence-corrected chi connectivity index (χ0v) is 12.7. The molecule has 1 unspecified atom stereocenters. The number of hydrogen-bond acceptors (Lipinski definition) is 4. The maximum atomic E-state index is 13.9. The molecule has 1 atom stereocenters. The topological polar surface area (TPSA) is 72.7 Å². The summed E-state index contributed by atoms with van der Waals surface area (Å²) in [6, 6.07) is 0.423. The number of halogens is 3. The van der Waals surface area contributed by atoms with E-state index in [-0.39, 0.29) is 19.3 Å². The molecule has 6 nitrogen and oxygen atoms in total. The Balaban J connectivity index is 2.52. The van der Waals surface area contributed by atoms with Crippen LogP contribution in [0, 0.1) is 27.6 Å². The van der Waals surface area contributed by atoms with Crippen molar-refractivity contribution in [3.05, 3.63) is 39.2 Å². The van der Waals surface area contributed by atoms with Gasteiger partial charge in [0.15, 0.2) is 5.82 Å². The van der Waals surface area contributed by atoms with Crippen LogP contribution in [0.15, 0.2) is 6.07 Å². The van der Waals surface area contributed by atoms with Gasteiger partial charge in [-0.05, 0) is 20.8 Å². The van der Waals surface area contributed by atoms with Crippen molar-refractivity contribution in [1.29, 1.82) is 0 Å². The lowest BCUT2D eigenvalue weighted by atomic mass is 9.99. The van der Waals surface area contributed by atoms with Gasteiger partial charge in [0, 0.05) is 12.6 Å². The van der Waals surface area contributed by atoms with E-state index in [0.717, 1.165) is 0 Å². The van der Waals surface area contributed by atoms with E-state index < -0.39 is 45.1 Å². The maximum Gasteiger partial charge on any atom is 0.308 e. The van der Waals surface area contributed by atoms with E-state index in [2.05, 4.69) is 0 Å². The predicted molar refractivity (Wildman–Crippen MR) is 73.5 cm³/mol. The number of benzene rings is 1. The lowest BCUT2D eigenvalue weighted by Gasteiger charge is -2.44. The van der Waals surface area contributed by atoms with Crippen molar-refractivity contribution in [3.63, 3.8) is 0 Å². The number of morpholine rings is 1. The fourth-order valence-corrected chi connectivity index (χ4v) is 2.36. The molecule has 0 aliphatic carbocycles. The summed E-state index contributed by atoms with van der Waals surface area (Å²) in [5, 5.41) is 10.7. The largest absolute Gasteiger partial charge is 0.374 e. The molecule has 9 heteroatoms. The molecule has 1 aromatic rings. The van der Waals surface area contributed by atoms with E-state index in [4.69, 9.17) is 4.74 Å². The summed E-state index contributed by atoms with van der Waals surface area (Å²) in [6.45, 7) is 5.26. The van der Waals surface area contributed by atoms with Crippen LogP contribution in [0.1, 0.15) is 31.1 Å². The Morgan fingerprint density at radius 2 is 1.96 bits per heavy atom. The number of carbonyl (C=O) groups excluding carboxylic acids is 1. The van der Waals surface area contributed by atoms with Crippen LogP contribution in [0.25, 0.3) is 0 Å². The molecule has 1 aromatic carbocycles. The van der Waals surface area contributed by atoms with Gasteiger partial charge < -0.3 is 9.64 Å². The molecule has 0 N–H and O–H groups in total. The molecule has 0 bridgehead atoms. The monoisotopic (exact) mass is 332 g/mol. The zero-order valence-electron chi connectivity index (χ0n) is 12.7. The molecule has 0 spiro atoms. The molecule has 23 heavy (non-hydrogen) atoms. The van der Waals surface area contributed by atoms with E-state index in [1.165, 1.54) is 4.90 Å². The SMILES string of the molecule is CC1CN(C(=O)c2cc([N+](=O)[O-])c(F)c(F)c2F)C(C)(C)CO1. The summed E-state index contributed by atoms with van der Waals surface area (Å²) in [6.07, 6.45) is -0.338. The first-order valence-corrected chi connectivity index (χ1v) is 6.81. The van der Waals surface area contributed by atoms with Crippen molar-refractivity contribution < 1.29 is 27.6 Å². The molecule has 1 heterocycles. The number of nitro groups is 1. The van der Waals surface area contributed by atoms with Gasteiger partial charge in [0.05, 0.1) is 28.7 Å². The fourth-order valence-electron chi connectivity index (χ4n) is 2.36. The minimum Gasteiger partial charge on any atom is -0.374 e. The highest BCUT2D eigenvalue weighted by Gasteiger charge is 2.39. The van der Waals surface area contributed by atoms with Crippen LogP contribution in [0.5, 0.6) is 0 Å². The van der Waals surface area contributed by atoms with Crippen LogP contribution < -0.4 is 0 Å². The van der Waals surface area contributed by atoms with Gasteiger partial charge in [0.25, 0.3) is 5.91 Å². The van der Waals surface area contributed by atoms with Gasteiger partial charge in [-0.2, -0.15) is 4.39 Å². The summed E-state index contributed by atoms with van der Waals surface area (Å²) < 4.78 is 46.3.